The Morgan fingerprint density at radius 2 is 1.67 bits per heavy atom. The summed E-state index contributed by atoms with van der Waals surface area (Å²) in [5, 5.41) is 0.753. The third kappa shape index (κ3) is 6.97. The molecule has 0 saturated carbocycles. The molecule has 12 heteroatoms. The van der Waals surface area contributed by atoms with Crippen LogP contribution in [0.4, 0.5) is 13.2 Å². The van der Waals surface area contributed by atoms with Crippen LogP contribution >= 0.6 is 23.2 Å². The first-order valence-electron chi connectivity index (χ1n) is 13.8. The summed E-state index contributed by atoms with van der Waals surface area (Å²) in [5.74, 6) is -1.20. The molecule has 0 aliphatic rings. The molecule has 0 aliphatic heterocycles. The van der Waals surface area contributed by atoms with Crippen LogP contribution in [0.25, 0.3) is 16.7 Å². The monoisotopic (exact) mass is 655 g/mol. The maximum atomic E-state index is 13.4. The average Bonchev–Trinajstić information content (AvgIpc) is 3.31. The van der Waals surface area contributed by atoms with Crippen molar-refractivity contribution in [2.24, 2.45) is 0 Å². The van der Waals surface area contributed by atoms with Crippen LogP contribution < -0.4 is 5.56 Å². The lowest BCUT2D eigenvalue weighted by Gasteiger charge is -2.14. The first-order valence-corrected chi connectivity index (χ1v) is 14.6. The van der Waals surface area contributed by atoms with Gasteiger partial charge in [-0.1, -0.05) is 53.5 Å². The van der Waals surface area contributed by atoms with Crippen molar-refractivity contribution in [3.63, 3.8) is 0 Å². The number of halogens is 5. The number of benzene rings is 3. The van der Waals surface area contributed by atoms with E-state index in [4.69, 9.17) is 27.9 Å². The number of aromatic nitrogens is 3. The van der Waals surface area contributed by atoms with E-state index in [2.05, 4.69) is 4.98 Å². The molecule has 3 aromatic carbocycles. The number of hydrogen-bond donors (Lipinski definition) is 0. The fraction of sp³-hybridized carbons (Fsp3) is 0.212. The number of hydrogen-bond acceptors (Lipinski definition) is 5. The van der Waals surface area contributed by atoms with Crippen molar-refractivity contribution in [3.05, 3.63) is 127 Å². The lowest BCUT2D eigenvalue weighted by molar-refractivity contribution is -0.142. The first-order chi connectivity index (χ1) is 21.3. The molecule has 45 heavy (non-hydrogen) atoms. The van der Waals surface area contributed by atoms with Gasteiger partial charge in [0, 0.05) is 29.1 Å². The topological polar surface area (TPSA) is 83.2 Å². The number of ether oxygens (including phenoxy) is 1. The molecule has 0 bridgehead atoms. The molecule has 5 rings (SSSR count). The number of Topliss-reactive ketones (excluding diaryl/α,β-unsaturated/α-hetero) is 1. The summed E-state index contributed by atoms with van der Waals surface area (Å²) in [6.45, 7) is 3.12. The summed E-state index contributed by atoms with van der Waals surface area (Å²) in [5.41, 5.74) is 1.85. The van der Waals surface area contributed by atoms with Gasteiger partial charge in [0.2, 0.25) is 5.78 Å². The Bertz CT molecular complexity index is 1990. The number of nitrogens with zero attached hydrogens (tertiary/aromatic N) is 3. The Balaban J connectivity index is 1.32. The van der Waals surface area contributed by atoms with E-state index < -0.39 is 35.7 Å². The predicted octanol–water partition coefficient (Wildman–Crippen LogP) is 7.54. The van der Waals surface area contributed by atoms with Gasteiger partial charge in [0.05, 0.1) is 39.6 Å². The van der Waals surface area contributed by atoms with Gasteiger partial charge < -0.3 is 13.9 Å². The molecule has 0 amide bonds. The molecule has 0 radical (unpaired) electrons. The van der Waals surface area contributed by atoms with Gasteiger partial charge >= 0.3 is 12.1 Å². The number of carbonyl (C=O) groups excluding carboxylic acids is 2. The Kier molecular flexibility index (Phi) is 9.18. The quantitative estimate of drug-likeness (QED) is 0.121. The molecule has 0 unspecified atom stereocenters. The summed E-state index contributed by atoms with van der Waals surface area (Å²) in [4.78, 5) is 43.3. The van der Waals surface area contributed by atoms with Gasteiger partial charge in [-0.2, -0.15) is 13.2 Å². The second-order valence-corrected chi connectivity index (χ2v) is 11.3. The zero-order chi connectivity index (χ0) is 32.5. The minimum atomic E-state index is -4.60. The summed E-state index contributed by atoms with van der Waals surface area (Å²) in [6, 6.07) is 18.7. The van der Waals surface area contributed by atoms with Gasteiger partial charge in [0.15, 0.2) is 6.61 Å². The third-order valence-corrected chi connectivity index (χ3v) is 8.09. The lowest BCUT2D eigenvalue weighted by Crippen LogP contribution is -2.27. The highest BCUT2D eigenvalue weighted by molar-refractivity contribution is 6.42. The Morgan fingerprint density at radius 1 is 0.933 bits per heavy atom. The van der Waals surface area contributed by atoms with Crippen molar-refractivity contribution in [2.75, 3.05) is 6.61 Å². The highest BCUT2D eigenvalue weighted by Crippen LogP contribution is 2.31. The van der Waals surface area contributed by atoms with E-state index in [9.17, 15) is 27.6 Å². The highest BCUT2D eigenvalue weighted by atomic mass is 35.5. The van der Waals surface area contributed by atoms with E-state index in [-0.39, 0.29) is 36.1 Å². The molecule has 0 atom stereocenters. The largest absolute Gasteiger partial charge is 0.457 e. The number of fused-ring (bicyclic) bond motifs is 1. The van der Waals surface area contributed by atoms with Gasteiger partial charge in [-0.3, -0.25) is 14.4 Å². The SMILES string of the molecule is Cc1cc(C(=O)COC(=O)CCc2nc3cc(C(F)(F)F)ccc3n(Cc3ccccc3)c2=O)c(C)n1-c1ccc(Cl)c(Cl)c1. The molecule has 7 nitrogen and oxygen atoms in total. The van der Waals surface area contributed by atoms with Crippen LogP contribution in [0.2, 0.25) is 10.0 Å². The van der Waals surface area contributed by atoms with E-state index in [1.165, 1.54) is 10.6 Å². The van der Waals surface area contributed by atoms with Crippen molar-refractivity contribution < 1.29 is 27.5 Å². The van der Waals surface area contributed by atoms with Crippen LogP contribution in [0.1, 0.15) is 45.0 Å². The van der Waals surface area contributed by atoms with Crippen molar-refractivity contribution in [1.82, 2.24) is 14.1 Å². The van der Waals surface area contributed by atoms with E-state index in [1.807, 2.05) is 17.6 Å². The fourth-order valence-corrected chi connectivity index (χ4v) is 5.44. The smallest absolute Gasteiger partial charge is 0.416 e. The zero-order valence-corrected chi connectivity index (χ0v) is 25.6. The maximum Gasteiger partial charge on any atom is 0.416 e. The van der Waals surface area contributed by atoms with Crippen molar-refractivity contribution in [2.45, 2.75) is 39.4 Å². The number of aryl methyl sites for hydroxylation is 2. The van der Waals surface area contributed by atoms with Crippen LogP contribution in [0, 0.1) is 13.8 Å². The summed E-state index contributed by atoms with van der Waals surface area (Å²) >= 11 is 12.2. The highest BCUT2D eigenvalue weighted by Gasteiger charge is 2.31. The average molecular weight is 656 g/mol. The summed E-state index contributed by atoms with van der Waals surface area (Å²) < 4.78 is 48.7. The lowest BCUT2D eigenvalue weighted by atomic mass is 10.1. The second-order valence-electron chi connectivity index (χ2n) is 10.4. The number of carbonyl (C=O) groups is 2. The van der Waals surface area contributed by atoms with E-state index in [1.54, 1.807) is 55.5 Å². The number of esters is 1. The molecule has 2 heterocycles. The molecular formula is C33H26Cl2F3N3O4. The molecular weight excluding hydrogens is 630 g/mol. The minimum Gasteiger partial charge on any atom is -0.457 e. The molecule has 0 fully saturated rings. The molecule has 0 spiro atoms. The first kappa shape index (κ1) is 32.0. The molecule has 0 N–H and O–H groups in total. The van der Waals surface area contributed by atoms with E-state index in [0.717, 1.165) is 23.4 Å². The third-order valence-electron chi connectivity index (χ3n) is 7.35. The molecule has 0 aliphatic carbocycles. The maximum absolute atomic E-state index is 13.4. The molecule has 5 aromatic rings. The summed E-state index contributed by atoms with van der Waals surface area (Å²) in [7, 11) is 0. The van der Waals surface area contributed by atoms with Gasteiger partial charge in [-0.05, 0) is 61.9 Å². The van der Waals surface area contributed by atoms with Crippen LogP contribution in [-0.2, 0) is 28.7 Å². The minimum absolute atomic E-state index is 0.0313. The molecule has 232 valence electrons. The normalized spacial score (nSPS) is 11.6. The molecule has 0 saturated heterocycles. The number of alkyl halides is 3. The van der Waals surface area contributed by atoms with Crippen LogP contribution in [-0.4, -0.2) is 32.5 Å². The van der Waals surface area contributed by atoms with Gasteiger partial charge in [-0.15, -0.1) is 0 Å². The van der Waals surface area contributed by atoms with Crippen LogP contribution in [0.3, 0.4) is 0 Å². The van der Waals surface area contributed by atoms with Crippen molar-refractivity contribution in [1.29, 1.82) is 0 Å². The summed E-state index contributed by atoms with van der Waals surface area (Å²) in [6.07, 6.45) is -5.11. The van der Waals surface area contributed by atoms with Gasteiger partial charge in [0.1, 0.15) is 5.69 Å². The molecule has 2 aromatic heterocycles. The predicted molar refractivity (Wildman–Crippen MR) is 165 cm³/mol. The number of ketones is 1. The number of rotatable bonds is 9. The Hall–Kier alpha value is -4.41. The van der Waals surface area contributed by atoms with E-state index in [0.29, 0.717) is 27.0 Å². The Morgan fingerprint density at radius 3 is 2.36 bits per heavy atom. The fourth-order valence-electron chi connectivity index (χ4n) is 5.14. The van der Waals surface area contributed by atoms with Crippen molar-refractivity contribution in [3.8, 4) is 5.69 Å². The van der Waals surface area contributed by atoms with Crippen molar-refractivity contribution >= 4 is 46.0 Å². The zero-order valence-electron chi connectivity index (χ0n) is 24.1. The van der Waals surface area contributed by atoms with E-state index >= 15 is 0 Å². The van der Waals surface area contributed by atoms with Gasteiger partial charge in [0.25, 0.3) is 5.56 Å². The van der Waals surface area contributed by atoms with Gasteiger partial charge in [-0.25, -0.2) is 4.98 Å². The Labute approximate surface area is 265 Å². The van der Waals surface area contributed by atoms with Crippen LogP contribution in [0.15, 0.2) is 77.6 Å². The van der Waals surface area contributed by atoms with Crippen LogP contribution in [0.5, 0.6) is 0 Å². The standard InChI is InChI=1S/C33H26Cl2F3N3O4/c1-19-14-24(20(2)41(19)23-9-10-25(34)26(35)16-23)30(42)18-45-31(43)13-11-27-32(44)40(17-21-6-4-3-5-7-21)29-12-8-22(33(36,37)38)15-28(29)39-27/h3-10,12,14-16H,11,13,17-18H2,1-2H3. The second kappa shape index (κ2) is 12.9.